The number of hydrogen-bond donors (Lipinski definition) is 2. The topological polar surface area (TPSA) is 87.1 Å². The smallest absolute Gasteiger partial charge is 0.387 e. The van der Waals surface area contributed by atoms with Crippen LogP contribution in [0.15, 0.2) is 24.3 Å². The summed E-state index contributed by atoms with van der Waals surface area (Å²) in [5.41, 5.74) is 0.136. The predicted molar refractivity (Wildman–Crippen MR) is 66.2 cm³/mol. The molecule has 0 aromatic heterocycles. The summed E-state index contributed by atoms with van der Waals surface area (Å²) in [6, 6.07) is 3.83. The number of carboxylic acid groups (broad SMARTS) is 1. The molecule has 21 heavy (non-hydrogen) atoms. The van der Waals surface area contributed by atoms with Crippen LogP contribution < -0.4 is 4.74 Å². The number of rotatable bonds is 4. The van der Waals surface area contributed by atoms with Crippen LogP contribution in [0.2, 0.25) is 0 Å². The summed E-state index contributed by atoms with van der Waals surface area (Å²) < 4.78 is 28.2. The molecule has 1 amide bonds. The molecule has 1 heterocycles. The number of halogens is 2. The van der Waals surface area contributed by atoms with Crippen molar-refractivity contribution in [3.05, 3.63) is 29.8 Å². The Morgan fingerprint density at radius 3 is 2.43 bits per heavy atom. The third-order valence-corrected chi connectivity index (χ3v) is 3.15. The lowest BCUT2D eigenvalue weighted by atomic mass is 10.1. The van der Waals surface area contributed by atoms with E-state index in [1.165, 1.54) is 24.3 Å². The van der Waals surface area contributed by atoms with Gasteiger partial charge in [-0.1, -0.05) is 0 Å². The van der Waals surface area contributed by atoms with Gasteiger partial charge in [0.05, 0.1) is 6.10 Å². The number of benzene rings is 1. The Morgan fingerprint density at radius 1 is 1.29 bits per heavy atom. The summed E-state index contributed by atoms with van der Waals surface area (Å²) in [7, 11) is 0. The normalized spacial score (nSPS) is 21.6. The lowest BCUT2D eigenvalue weighted by Crippen LogP contribution is -2.40. The molecule has 2 N–H and O–H groups in total. The molecule has 2 atom stereocenters. The van der Waals surface area contributed by atoms with Gasteiger partial charge in [0.1, 0.15) is 11.8 Å². The number of aliphatic carboxylic acids is 1. The predicted octanol–water partition coefficient (Wildman–Crippen LogP) is 0.948. The molecule has 1 fully saturated rings. The molecule has 0 spiro atoms. The number of ether oxygens (including phenoxy) is 1. The average molecular weight is 301 g/mol. The number of carbonyl (C=O) groups excluding carboxylic acids is 1. The van der Waals surface area contributed by atoms with Crippen molar-refractivity contribution in [2.24, 2.45) is 0 Å². The van der Waals surface area contributed by atoms with E-state index in [0.717, 1.165) is 4.90 Å². The molecule has 1 unspecified atom stereocenters. The average Bonchev–Trinajstić information content (AvgIpc) is 2.80. The SMILES string of the molecule is O=C(O)[C@@H]1CC(O)CN1C(=O)c1ccc(OC(F)F)cc1. The summed E-state index contributed by atoms with van der Waals surface area (Å²) >= 11 is 0. The largest absolute Gasteiger partial charge is 0.480 e. The van der Waals surface area contributed by atoms with E-state index in [0.29, 0.717) is 0 Å². The molecule has 1 saturated heterocycles. The van der Waals surface area contributed by atoms with E-state index >= 15 is 0 Å². The van der Waals surface area contributed by atoms with Crippen molar-refractivity contribution in [1.29, 1.82) is 0 Å². The summed E-state index contributed by atoms with van der Waals surface area (Å²) in [5.74, 6) is -1.88. The molecule has 0 bridgehead atoms. The van der Waals surface area contributed by atoms with Crippen LogP contribution in [-0.2, 0) is 4.79 Å². The second kappa shape index (κ2) is 6.04. The first-order valence-electron chi connectivity index (χ1n) is 6.15. The Hall–Kier alpha value is -2.22. The molecule has 0 radical (unpaired) electrons. The van der Waals surface area contributed by atoms with Crippen molar-refractivity contribution >= 4 is 11.9 Å². The van der Waals surface area contributed by atoms with Crippen LogP contribution in [0.3, 0.4) is 0 Å². The van der Waals surface area contributed by atoms with Gasteiger partial charge >= 0.3 is 12.6 Å². The van der Waals surface area contributed by atoms with E-state index in [-0.39, 0.29) is 24.3 Å². The number of hydrogen-bond acceptors (Lipinski definition) is 4. The van der Waals surface area contributed by atoms with Crippen molar-refractivity contribution in [3.8, 4) is 5.75 Å². The van der Waals surface area contributed by atoms with Crippen molar-refractivity contribution < 1.29 is 33.3 Å². The van der Waals surface area contributed by atoms with Gasteiger partial charge in [-0.25, -0.2) is 4.79 Å². The summed E-state index contributed by atoms with van der Waals surface area (Å²) in [5, 5.41) is 18.5. The van der Waals surface area contributed by atoms with Crippen LogP contribution in [0, 0.1) is 0 Å². The Labute approximate surface area is 118 Å². The minimum Gasteiger partial charge on any atom is -0.480 e. The van der Waals surface area contributed by atoms with Crippen LogP contribution >= 0.6 is 0 Å². The first kappa shape index (κ1) is 15.2. The van der Waals surface area contributed by atoms with Gasteiger partial charge < -0.3 is 19.8 Å². The molecule has 0 aliphatic carbocycles. The van der Waals surface area contributed by atoms with E-state index in [4.69, 9.17) is 5.11 Å². The fourth-order valence-electron chi connectivity index (χ4n) is 2.22. The number of alkyl halides is 2. The molecule has 114 valence electrons. The molecule has 1 aromatic rings. The highest BCUT2D eigenvalue weighted by Crippen LogP contribution is 2.22. The zero-order valence-electron chi connectivity index (χ0n) is 10.8. The molecule has 2 rings (SSSR count). The first-order chi connectivity index (χ1) is 9.88. The van der Waals surface area contributed by atoms with E-state index in [1.54, 1.807) is 0 Å². The van der Waals surface area contributed by atoms with E-state index in [2.05, 4.69) is 4.74 Å². The highest BCUT2D eigenvalue weighted by molar-refractivity contribution is 5.97. The number of carbonyl (C=O) groups is 2. The van der Waals surface area contributed by atoms with Crippen molar-refractivity contribution in [3.63, 3.8) is 0 Å². The van der Waals surface area contributed by atoms with Gasteiger partial charge in [0, 0.05) is 18.5 Å². The number of β-amino-alcohol motifs (C(OH)–C–C–N with tert-alkyl or cyclic N) is 1. The minimum atomic E-state index is -2.96. The van der Waals surface area contributed by atoms with Gasteiger partial charge in [-0.2, -0.15) is 8.78 Å². The number of aliphatic hydroxyl groups is 1. The third-order valence-electron chi connectivity index (χ3n) is 3.15. The monoisotopic (exact) mass is 301 g/mol. The number of carboxylic acids is 1. The highest BCUT2D eigenvalue weighted by Gasteiger charge is 2.39. The van der Waals surface area contributed by atoms with Crippen molar-refractivity contribution in [1.82, 2.24) is 4.90 Å². The standard InChI is InChI=1S/C13H13F2NO5/c14-13(15)21-9-3-1-7(2-4-9)11(18)16-6-8(17)5-10(16)12(19)20/h1-4,8,10,13,17H,5-6H2,(H,19,20)/t8?,10-/m0/s1. The minimum absolute atomic E-state index is 0.0341. The maximum absolute atomic E-state index is 12.2. The summed E-state index contributed by atoms with van der Waals surface area (Å²) in [4.78, 5) is 24.3. The Bertz CT molecular complexity index is 534. The van der Waals surface area contributed by atoms with Gasteiger partial charge in [-0.3, -0.25) is 4.79 Å². The number of aliphatic hydroxyl groups excluding tert-OH is 1. The van der Waals surface area contributed by atoms with Crippen LogP contribution in [0.5, 0.6) is 5.75 Å². The highest BCUT2D eigenvalue weighted by atomic mass is 19.3. The van der Waals surface area contributed by atoms with Crippen LogP contribution in [-0.4, -0.2) is 52.3 Å². The van der Waals surface area contributed by atoms with Gasteiger partial charge in [-0.05, 0) is 24.3 Å². The second-order valence-electron chi connectivity index (χ2n) is 4.60. The van der Waals surface area contributed by atoms with Crippen molar-refractivity contribution in [2.45, 2.75) is 25.2 Å². The second-order valence-corrected chi connectivity index (χ2v) is 4.60. The van der Waals surface area contributed by atoms with Crippen LogP contribution in [0.4, 0.5) is 8.78 Å². The molecule has 6 nitrogen and oxygen atoms in total. The number of nitrogens with zero attached hydrogens (tertiary/aromatic N) is 1. The maximum atomic E-state index is 12.2. The fourth-order valence-corrected chi connectivity index (χ4v) is 2.22. The third kappa shape index (κ3) is 3.46. The summed E-state index contributed by atoms with van der Waals surface area (Å²) in [6.07, 6.45) is -0.926. The van der Waals surface area contributed by atoms with Crippen molar-refractivity contribution in [2.75, 3.05) is 6.54 Å². The zero-order valence-corrected chi connectivity index (χ0v) is 10.8. The van der Waals surface area contributed by atoms with Gasteiger partial charge in [0.2, 0.25) is 0 Å². The molecular weight excluding hydrogens is 288 g/mol. The fraction of sp³-hybridized carbons (Fsp3) is 0.385. The van der Waals surface area contributed by atoms with E-state index in [9.17, 15) is 23.5 Å². The van der Waals surface area contributed by atoms with Crippen LogP contribution in [0.1, 0.15) is 16.8 Å². The molecule has 1 aromatic carbocycles. The lowest BCUT2D eigenvalue weighted by Gasteiger charge is -2.21. The van der Waals surface area contributed by atoms with Crippen LogP contribution in [0.25, 0.3) is 0 Å². The summed E-state index contributed by atoms with van der Waals surface area (Å²) in [6.45, 7) is -3.04. The lowest BCUT2D eigenvalue weighted by molar-refractivity contribution is -0.141. The first-order valence-corrected chi connectivity index (χ1v) is 6.15. The number of likely N-dealkylation sites (tertiary alicyclic amines) is 1. The van der Waals surface area contributed by atoms with E-state index in [1.807, 2.05) is 0 Å². The Morgan fingerprint density at radius 2 is 1.90 bits per heavy atom. The zero-order chi connectivity index (χ0) is 15.6. The quantitative estimate of drug-likeness (QED) is 0.864. The maximum Gasteiger partial charge on any atom is 0.387 e. The molecular formula is C13H13F2NO5. The number of amides is 1. The molecule has 8 heteroatoms. The Balaban J connectivity index is 2.14. The molecule has 1 aliphatic rings. The van der Waals surface area contributed by atoms with Gasteiger partial charge in [-0.15, -0.1) is 0 Å². The Kier molecular flexibility index (Phi) is 4.37. The van der Waals surface area contributed by atoms with Gasteiger partial charge in [0.15, 0.2) is 0 Å². The van der Waals surface area contributed by atoms with Gasteiger partial charge in [0.25, 0.3) is 5.91 Å². The molecule has 0 saturated carbocycles. The van der Waals surface area contributed by atoms with E-state index < -0.39 is 30.6 Å². The molecule has 1 aliphatic heterocycles.